The van der Waals surface area contributed by atoms with Gasteiger partial charge in [-0.05, 0) is 45.4 Å². The molecule has 0 saturated carbocycles. The first-order chi connectivity index (χ1) is 8.85. The van der Waals surface area contributed by atoms with Gasteiger partial charge >= 0.3 is 6.09 Å². The molecule has 0 aliphatic carbocycles. The number of nitrogens with one attached hydrogen (secondary N) is 1. The molecule has 2 atom stereocenters. The summed E-state index contributed by atoms with van der Waals surface area (Å²) in [7, 11) is 0. The number of piperidine rings is 1. The van der Waals surface area contributed by atoms with Gasteiger partial charge in [0.15, 0.2) is 0 Å². The lowest BCUT2D eigenvalue weighted by molar-refractivity contribution is -0.119. The summed E-state index contributed by atoms with van der Waals surface area (Å²) in [6.45, 7) is 7.88. The summed E-state index contributed by atoms with van der Waals surface area (Å²) < 4.78 is 5.41. The Morgan fingerprint density at radius 3 is 2.68 bits per heavy atom. The second-order valence-corrected chi connectivity index (χ2v) is 6.60. The summed E-state index contributed by atoms with van der Waals surface area (Å²) in [6, 6.07) is 0. The highest BCUT2D eigenvalue weighted by molar-refractivity contribution is 5.78. The van der Waals surface area contributed by atoms with E-state index >= 15 is 0 Å². The highest BCUT2D eigenvalue weighted by atomic mass is 16.6. The number of amides is 2. The molecule has 0 aromatic heterocycles. The molecule has 2 rings (SSSR count). The fraction of sp³-hybridized carbons (Fsp3) is 0.857. The van der Waals surface area contributed by atoms with Gasteiger partial charge < -0.3 is 15.0 Å². The largest absolute Gasteiger partial charge is 0.444 e. The molecule has 0 bridgehead atoms. The first-order valence-corrected chi connectivity index (χ1v) is 7.10. The Kier molecular flexibility index (Phi) is 4.02. The van der Waals surface area contributed by atoms with Crippen LogP contribution in [-0.2, 0) is 9.53 Å². The van der Waals surface area contributed by atoms with E-state index < -0.39 is 5.60 Å². The number of likely N-dealkylation sites (tertiary alicyclic amines) is 1. The van der Waals surface area contributed by atoms with Crippen molar-refractivity contribution in [3.8, 4) is 0 Å². The summed E-state index contributed by atoms with van der Waals surface area (Å²) in [6.07, 6.45) is 2.47. The van der Waals surface area contributed by atoms with Gasteiger partial charge in [-0.15, -0.1) is 0 Å². The van der Waals surface area contributed by atoms with E-state index in [2.05, 4.69) is 5.32 Å². The van der Waals surface area contributed by atoms with Crippen LogP contribution < -0.4 is 5.32 Å². The number of carbonyl (C=O) groups excluding carboxylic acids is 2. The molecule has 2 amide bonds. The molecule has 0 aromatic rings. The van der Waals surface area contributed by atoms with E-state index in [0.717, 1.165) is 25.9 Å². The van der Waals surface area contributed by atoms with E-state index in [9.17, 15) is 9.59 Å². The fourth-order valence-corrected chi connectivity index (χ4v) is 2.85. The maximum atomic E-state index is 12.1. The predicted molar refractivity (Wildman–Crippen MR) is 71.6 cm³/mol. The Bertz CT molecular complexity index is 362. The first-order valence-electron chi connectivity index (χ1n) is 7.10. The van der Waals surface area contributed by atoms with Gasteiger partial charge in [0.05, 0.1) is 0 Å². The Labute approximate surface area is 114 Å². The predicted octanol–water partition coefficient (Wildman–Crippen LogP) is 1.77. The average molecular weight is 268 g/mol. The third-order valence-electron chi connectivity index (χ3n) is 3.79. The van der Waals surface area contributed by atoms with Crippen LogP contribution in [0.4, 0.5) is 4.79 Å². The van der Waals surface area contributed by atoms with Crippen LogP contribution in [0.15, 0.2) is 0 Å². The molecule has 1 N–H and O–H groups in total. The van der Waals surface area contributed by atoms with Crippen molar-refractivity contribution < 1.29 is 14.3 Å². The highest BCUT2D eigenvalue weighted by Gasteiger charge is 2.34. The molecule has 108 valence electrons. The van der Waals surface area contributed by atoms with Crippen LogP contribution in [0, 0.1) is 11.8 Å². The van der Waals surface area contributed by atoms with Crippen molar-refractivity contribution in [2.75, 3.05) is 19.6 Å². The van der Waals surface area contributed by atoms with Gasteiger partial charge in [-0.1, -0.05) is 0 Å². The van der Waals surface area contributed by atoms with E-state index in [1.54, 1.807) is 4.90 Å². The molecule has 0 unspecified atom stereocenters. The van der Waals surface area contributed by atoms with Crippen molar-refractivity contribution in [1.82, 2.24) is 10.2 Å². The summed E-state index contributed by atoms with van der Waals surface area (Å²) in [4.78, 5) is 25.1. The van der Waals surface area contributed by atoms with E-state index in [1.165, 1.54) is 0 Å². The van der Waals surface area contributed by atoms with Crippen molar-refractivity contribution >= 4 is 12.0 Å². The SMILES string of the molecule is CC(C)(C)OC(=O)N1CCC[C@@H]([C@H]2CNC(=O)C2)C1. The molecule has 0 spiro atoms. The molecule has 2 heterocycles. The number of carbonyl (C=O) groups is 2. The number of ether oxygens (including phenoxy) is 1. The second kappa shape index (κ2) is 5.39. The fourth-order valence-electron chi connectivity index (χ4n) is 2.85. The summed E-state index contributed by atoms with van der Waals surface area (Å²) in [5, 5.41) is 2.88. The van der Waals surface area contributed by atoms with Crippen LogP contribution in [-0.4, -0.2) is 42.1 Å². The molecular weight excluding hydrogens is 244 g/mol. The first kappa shape index (κ1) is 14.2. The van der Waals surface area contributed by atoms with E-state index in [0.29, 0.717) is 24.8 Å². The standard InChI is InChI=1S/C14H24N2O3/c1-14(2,3)19-13(18)16-6-4-5-10(9-16)11-7-12(17)15-8-11/h10-11H,4-9H2,1-3H3,(H,15,17)/t10-,11-/m1/s1. The van der Waals surface area contributed by atoms with Gasteiger partial charge in [0.25, 0.3) is 0 Å². The monoisotopic (exact) mass is 268 g/mol. The normalized spacial score (nSPS) is 28.2. The minimum atomic E-state index is -0.449. The summed E-state index contributed by atoms with van der Waals surface area (Å²) in [5.74, 6) is 0.928. The van der Waals surface area contributed by atoms with E-state index in [1.807, 2.05) is 20.8 Å². The quantitative estimate of drug-likeness (QED) is 0.788. The molecule has 19 heavy (non-hydrogen) atoms. The Balaban J connectivity index is 1.90. The maximum Gasteiger partial charge on any atom is 0.410 e. The molecule has 2 aliphatic heterocycles. The van der Waals surface area contributed by atoms with E-state index in [4.69, 9.17) is 4.74 Å². The number of nitrogens with zero attached hydrogens (tertiary/aromatic N) is 1. The van der Waals surface area contributed by atoms with Crippen molar-refractivity contribution in [3.05, 3.63) is 0 Å². The van der Waals surface area contributed by atoms with Crippen molar-refractivity contribution in [1.29, 1.82) is 0 Å². The minimum absolute atomic E-state index is 0.138. The molecule has 5 heteroatoms. The molecular formula is C14H24N2O3. The van der Waals surface area contributed by atoms with Crippen molar-refractivity contribution in [2.24, 2.45) is 11.8 Å². The molecule has 2 aliphatic rings. The lowest BCUT2D eigenvalue weighted by Gasteiger charge is -2.36. The average Bonchev–Trinajstić information content (AvgIpc) is 2.74. The zero-order valence-electron chi connectivity index (χ0n) is 12.1. The number of hydrogen-bond donors (Lipinski definition) is 1. The lowest BCUT2D eigenvalue weighted by Crippen LogP contribution is -2.44. The van der Waals surface area contributed by atoms with Crippen LogP contribution >= 0.6 is 0 Å². The highest BCUT2D eigenvalue weighted by Crippen LogP contribution is 2.29. The van der Waals surface area contributed by atoms with Crippen LogP contribution in [0.3, 0.4) is 0 Å². The van der Waals surface area contributed by atoms with Gasteiger partial charge in [0.2, 0.25) is 5.91 Å². The summed E-state index contributed by atoms with van der Waals surface area (Å²) >= 11 is 0. The maximum absolute atomic E-state index is 12.1. The van der Waals surface area contributed by atoms with Gasteiger partial charge in [0, 0.05) is 26.1 Å². The molecule has 0 aromatic carbocycles. The molecule has 0 radical (unpaired) electrons. The third-order valence-corrected chi connectivity index (χ3v) is 3.79. The second-order valence-electron chi connectivity index (χ2n) is 6.60. The topological polar surface area (TPSA) is 58.6 Å². The van der Waals surface area contributed by atoms with Gasteiger partial charge in [-0.3, -0.25) is 4.79 Å². The minimum Gasteiger partial charge on any atom is -0.444 e. The molecule has 5 nitrogen and oxygen atoms in total. The summed E-state index contributed by atoms with van der Waals surface area (Å²) in [5.41, 5.74) is -0.449. The number of rotatable bonds is 1. The smallest absolute Gasteiger partial charge is 0.410 e. The Morgan fingerprint density at radius 2 is 2.11 bits per heavy atom. The van der Waals surface area contributed by atoms with Crippen LogP contribution in [0.5, 0.6) is 0 Å². The van der Waals surface area contributed by atoms with Gasteiger partial charge in [0.1, 0.15) is 5.60 Å². The van der Waals surface area contributed by atoms with Crippen LogP contribution in [0.2, 0.25) is 0 Å². The van der Waals surface area contributed by atoms with E-state index in [-0.39, 0.29) is 12.0 Å². The third kappa shape index (κ3) is 3.85. The zero-order chi connectivity index (χ0) is 14.0. The van der Waals surface area contributed by atoms with Gasteiger partial charge in [-0.25, -0.2) is 4.79 Å². The van der Waals surface area contributed by atoms with Crippen molar-refractivity contribution in [3.63, 3.8) is 0 Å². The number of hydrogen-bond acceptors (Lipinski definition) is 3. The van der Waals surface area contributed by atoms with Gasteiger partial charge in [-0.2, -0.15) is 0 Å². The van der Waals surface area contributed by atoms with Crippen LogP contribution in [0.1, 0.15) is 40.0 Å². The zero-order valence-corrected chi connectivity index (χ0v) is 12.1. The molecule has 2 saturated heterocycles. The lowest BCUT2D eigenvalue weighted by atomic mass is 9.85. The Hall–Kier alpha value is -1.26. The van der Waals surface area contributed by atoms with Crippen LogP contribution in [0.25, 0.3) is 0 Å². The molecule has 2 fully saturated rings. The Morgan fingerprint density at radius 1 is 1.37 bits per heavy atom. The van der Waals surface area contributed by atoms with Crippen molar-refractivity contribution in [2.45, 2.75) is 45.6 Å².